The minimum absolute atomic E-state index is 0.0923. The molecule has 0 radical (unpaired) electrons. The van der Waals surface area contributed by atoms with Crippen LogP contribution in [0.3, 0.4) is 0 Å². The summed E-state index contributed by atoms with van der Waals surface area (Å²) >= 11 is 0. The van der Waals surface area contributed by atoms with Gasteiger partial charge in [0.1, 0.15) is 0 Å². The summed E-state index contributed by atoms with van der Waals surface area (Å²) in [6, 6.07) is 0. The quantitative estimate of drug-likeness (QED) is 0.338. The zero-order valence-corrected chi connectivity index (χ0v) is 7.37. The topological polar surface area (TPSA) is 46.2 Å². The number of halogens is 2. The van der Waals surface area contributed by atoms with E-state index in [4.69, 9.17) is 0 Å². The van der Waals surface area contributed by atoms with Gasteiger partial charge in [0, 0.05) is 13.2 Å². The van der Waals surface area contributed by atoms with Crippen LogP contribution in [-0.2, 0) is 24.3 Å². The third-order valence-corrected chi connectivity index (χ3v) is 0.825. The molecule has 0 saturated heterocycles. The van der Waals surface area contributed by atoms with Crippen LogP contribution in [0.25, 0.3) is 0 Å². The van der Waals surface area contributed by atoms with Crippen molar-refractivity contribution in [3.8, 4) is 0 Å². The molecule has 0 aliphatic rings. The van der Waals surface area contributed by atoms with Gasteiger partial charge < -0.3 is 9.47 Å². The lowest BCUT2D eigenvalue weighted by molar-refractivity contribution is -0.599. The van der Waals surface area contributed by atoms with Crippen LogP contribution in [0.5, 0.6) is 0 Å². The highest BCUT2D eigenvalue weighted by molar-refractivity contribution is 4.11. The fraction of sp³-hybridized carbons (Fsp3) is 1.00. The summed E-state index contributed by atoms with van der Waals surface area (Å²) in [5.74, 6) is 0. The van der Waals surface area contributed by atoms with Crippen LogP contribution in [0.15, 0.2) is 0 Å². The van der Waals surface area contributed by atoms with Crippen molar-refractivity contribution in [2.45, 2.75) is 26.9 Å². The van der Waals surface area contributed by atoms with Crippen LogP contribution in [0.2, 0.25) is 0 Å². The van der Waals surface area contributed by atoms with Crippen LogP contribution in [0.1, 0.15) is 13.8 Å². The zero-order valence-electron chi connectivity index (χ0n) is 7.37. The average molecular weight is 202 g/mol. The van der Waals surface area contributed by atoms with Gasteiger partial charge in [0.2, 0.25) is 0 Å². The molecule has 2 atom stereocenters. The molecule has 0 fully saturated rings. The average Bonchev–Trinajstić information content (AvgIpc) is 2.05. The van der Waals surface area contributed by atoms with Crippen LogP contribution >= 0.6 is 0 Å². The molecule has 0 aliphatic carbocycles. The minimum atomic E-state index is -2.11. The van der Waals surface area contributed by atoms with Gasteiger partial charge in [-0.05, 0) is 13.8 Å². The lowest BCUT2D eigenvalue weighted by Crippen LogP contribution is -2.16. The van der Waals surface area contributed by atoms with Crippen LogP contribution in [-0.4, -0.2) is 26.3 Å². The molecule has 0 heterocycles. The van der Waals surface area contributed by atoms with E-state index in [1.165, 1.54) is 0 Å². The van der Waals surface area contributed by atoms with Crippen LogP contribution in [0.4, 0.5) is 8.78 Å². The molecule has 5 nitrogen and oxygen atoms in total. The summed E-state index contributed by atoms with van der Waals surface area (Å²) in [6.45, 7) is -0.939. The van der Waals surface area contributed by atoms with Gasteiger partial charge in [0.15, 0.2) is 0 Å². The largest absolute Gasteiger partial charge is 0.340 e. The van der Waals surface area contributed by atoms with E-state index in [1.807, 2.05) is 0 Å². The van der Waals surface area contributed by atoms with Crippen LogP contribution in [0, 0.1) is 0 Å². The molecule has 2 unspecified atom stereocenters. The summed E-state index contributed by atoms with van der Waals surface area (Å²) in [6.07, 6.45) is 0. The third kappa shape index (κ3) is 8.00. The van der Waals surface area contributed by atoms with Crippen molar-refractivity contribution in [3.63, 3.8) is 0 Å². The van der Waals surface area contributed by atoms with Crippen LogP contribution < -0.4 is 0 Å². The number of hydrogen-bond acceptors (Lipinski definition) is 5. The van der Waals surface area contributed by atoms with Crippen molar-refractivity contribution in [2.24, 2.45) is 0 Å². The van der Waals surface area contributed by atoms with E-state index in [9.17, 15) is 8.78 Å². The summed E-state index contributed by atoms with van der Waals surface area (Å²) in [5, 5.41) is 3.66. The zero-order chi connectivity index (χ0) is 10.1. The lowest BCUT2D eigenvalue weighted by Gasteiger charge is -2.09. The molecule has 0 amide bonds. The Hall–Kier alpha value is -0.340. The molecule has 0 aliphatic heterocycles. The predicted octanol–water partition coefficient (Wildman–Crippen LogP) is 1.45. The van der Waals surface area contributed by atoms with E-state index in [2.05, 4.69) is 24.3 Å². The molecule has 0 rings (SSSR count). The second-order valence-electron chi connectivity index (χ2n) is 1.72. The van der Waals surface area contributed by atoms with Gasteiger partial charge >= 0.3 is 13.1 Å². The number of rotatable bonds is 8. The Labute approximate surface area is 74.3 Å². The molecule has 0 bridgehead atoms. The maximum absolute atomic E-state index is 12.2. The van der Waals surface area contributed by atoms with Gasteiger partial charge in [-0.15, -0.1) is 9.78 Å². The van der Waals surface area contributed by atoms with Gasteiger partial charge in [-0.1, -0.05) is 5.04 Å². The normalized spacial score (nSPS) is 15.7. The molecule has 13 heavy (non-hydrogen) atoms. The van der Waals surface area contributed by atoms with Crippen molar-refractivity contribution >= 4 is 0 Å². The summed E-state index contributed by atoms with van der Waals surface area (Å²) in [7, 11) is 0. The monoisotopic (exact) mass is 202 g/mol. The first-order chi connectivity index (χ1) is 6.20. The fourth-order valence-electron chi connectivity index (χ4n) is 0.402. The highest BCUT2D eigenvalue weighted by Crippen LogP contribution is 2.01. The molecule has 0 aromatic carbocycles. The van der Waals surface area contributed by atoms with Crippen molar-refractivity contribution in [1.29, 1.82) is 0 Å². The first-order valence-electron chi connectivity index (χ1n) is 3.70. The Morgan fingerprint density at radius 3 is 1.62 bits per heavy atom. The molecular weight excluding hydrogens is 190 g/mol. The summed E-state index contributed by atoms with van der Waals surface area (Å²) in [4.78, 5) is 7.54. The second kappa shape index (κ2) is 8.27. The molecule has 80 valence electrons. The van der Waals surface area contributed by atoms with E-state index in [1.54, 1.807) is 13.8 Å². The van der Waals surface area contributed by atoms with Gasteiger partial charge in [0.25, 0.3) is 0 Å². The molecule has 0 aromatic rings. The Balaban J connectivity index is 3.23. The van der Waals surface area contributed by atoms with Gasteiger partial charge in [-0.2, -0.15) is 8.78 Å². The number of alkyl halides is 2. The van der Waals surface area contributed by atoms with E-state index in [-0.39, 0.29) is 13.2 Å². The smallest absolute Gasteiger partial charge is 0.325 e. The van der Waals surface area contributed by atoms with Gasteiger partial charge in [0.05, 0.1) is 0 Å². The molecule has 0 N–H and O–H groups in total. The third-order valence-electron chi connectivity index (χ3n) is 0.825. The standard InChI is InChI=1S/C6H12F2O5/c1-3-9-5(7)11-13-12-6(8)10-4-2/h5-6H,3-4H2,1-2H3. The maximum atomic E-state index is 12.2. The van der Waals surface area contributed by atoms with E-state index >= 15 is 0 Å². The van der Waals surface area contributed by atoms with Crippen molar-refractivity contribution in [1.82, 2.24) is 0 Å². The minimum Gasteiger partial charge on any atom is -0.325 e. The maximum Gasteiger partial charge on any atom is 0.340 e. The van der Waals surface area contributed by atoms with Crippen molar-refractivity contribution < 1.29 is 33.1 Å². The fourth-order valence-corrected chi connectivity index (χ4v) is 0.402. The molecule has 0 spiro atoms. The van der Waals surface area contributed by atoms with E-state index in [0.29, 0.717) is 0 Å². The first-order valence-corrected chi connectivity index (χ1v) is 3.70. The van der Waals surface area contributed by atoms with Crippen molar-refractivity contribution in [3.05, 3.63) is 0 Å². The molecular formula is C6H12F2O5. The summed E-state index contributed by atoms with van der Waals surface area (Å²) in [5.41, 5.74) is 0. The van der Waals surface area contributed by atoms with E-state index < -0.39 is 13.1 Å². The second-order valence-corrected chi connectivity index (χ2v) is 1.72. The lowest BCUT2D eigenvalue weighted by atomic mass is 10.9. The van der Waals surface area contributed by atoms with Crippen molar-refractivity contribution in [2.75, 3.05) is 13.2 Å². The summed E-state index contributed by atoms with van der Waals surface area (Å²) < 4.78 is 32.9. The number of ether oxygens (including phenoxy) is 2. The predicted molar refractivity (Wildman–Crippen MR) is 36.3 cm³/mol. The Kier molecular flexibility index (Phi) is 8.05. The molecule has 0 aromatic heterocycles. The van der Waals surface area contributed by atoms with Gasteiger partial charge in [-0.3, -0.25) is 0 Å². The Bertz CT molecular complexity index is 103. The highest BCUT2D eigenvalue weighted by Gasteiger charge is 2.11. The Morgan fingerprint density at radius 2 is 1.31 bits per heavy atom. The Morgan fingerprint density at radius 1 is 0.923 bits per heavy atom. The number of hydrogen-bond donors (Lipinski definition) is 0. The first kappa shape index (κ1) is 12.7. The molecule has 7 heteroatoms. The SMILES string of the molecule is CCOC(F)OOOC(F)OCC. The molecule has 0 saturated carbocycles. The van der Waals surface area contributed by atoms with E-state index in [0.717, 1.165) is 0 Å². The highest BCUT2D eigenvalue weighted by atomic mass is 19.2. The van der Waals surface area contributed by atoms with Gasteiger partial charge in [-0.25, -0.2) is 0 Å².